The Bertz CT molecular complexity index is 1220. The first-order valence-corrected chi connectivity index (χ1v) is 11.2. The van der Waals surface area contributed by atoms with E-state index >= 15 is 4.39 Å². The van der Waals surface area contributed by atoms with Gasteiger partial charge in [-0.25, -0.2) is 23.6 Å². The summed E-state index contributed by atoms with van der Waals surface area (Å²) >= 11 is 0. The molecule has 3 aromatic rings. The number of nitrogens with one attached hydrogen (secondary N) is 1. The predicted octanol–water partition coefficient (Wildman–Crippen LogP) is 5.37. The molecule has 3 unspecified atom stereocenters. The highest BCUT2D eigenvalue weighted by Gasteiger charge is 2.39. The summed E-state index contributed by atoms with van der Waals surface area (Å²) in [5.41, 5.74) is 0.180. The molecule has 0 bridgehead atoms. The van der Waals surface area contributed by atoms with Gasteiger partial charge in [-0.2, -0.15) is 0 Å². The van der Waals surface area contributed by atoms with E-state index in [-0.39, 0.29) is 22.9 Å². The summed E-state index contributed by atoms with van der Waals surface area (Å²) in [6.07, 6.45) is 6.28. The average molecular weight is 469 g/mol. The molecule has 1 amide bonds. The van der Waals surface area contributed by atoms with E-state index in [2.05, 4.69) is 9.97 Å². The number of hydroxylamine groups is 1. The second-order valence-corrected chi connectivity index (χ2v) is 8.62. The van der Waals surface area contributed by atoms with Crippen LogP contribution in [0.25, 0.3) is 22.4 Å². The van der Waals surface area contributed by atoms with Gasteiger partial charge in [-0.3, -0.25) is 15.0 Å². The van der Waals surface area contributed by atoms with Crippen LogP contribution < -0.4 is 5.48 Å². The zero-order valence-corrected chi connectivity index (χ0v) is 18.1. The van der Waals surface area contributed by atoms with E-state index in [0.717, 1.165) is 43.9 Å². The van der Waals surface area contributed by atoms with E-state index in [9.17, 15) is 18.8 Å². The Morgan fingerprint density at radius 1 is 1.03 bits per heavy atom. The number of hydrogen-bond acceptors (Lipinski definition) is 5. The summed E-state index contributed by atoms with van der Waals surface area (Å²) in [5.74, 6) is -3.69. The Labute approximate surface area is 193 Å². The average Bonchev–Trinajstić information content (AvgIpc) is 3.32. The molecule has 0 spiro atoms. The fraction of sp³-hybridized carbons (Fsp3) is 0.320. The number of carbonyl (C=O) groups excluding carboxylic acids is 1. The van der Waals surface area contributed by atoms with Crippen molar-refractivity contribution in [2.75, 3.05) is 0 Å². The number of halogens is 3. The highest BCUT2D eigenvalue weighted by atomic mass is 19.1. The number of fused-ring (bicyclic) bond motifs is 1. The van der Waals surface area contributed by atoms with Crippen molar-refractivity contribution in [2.24, 2.45) is 5.92 Å². The van der Waals surface area contributed by atoms with Crippen molar-refractivity contribution < 1.29 is 27.9 Å². The van der Waals surface area contributed by atoms with Crippen LogP contribution >= 0.6 is 0 Å². The zero-order chi connectivity index (χ0) is 23.8. The van der Waals surface area contributed by atoms with Crippen molar-refractivity contribution in [1.29, 1.82) is 0 Å². The van der Waals surface area contributed by atoms with Gasteiger partial charge in [-0.15, -0.1) is 0 Å². The predicted molar refractivity (Wildman–Crippen MR) is 116 cm³/mol. The molecule has 9 heteroatoms. The number of aromatic nitrogens is 2. The Balaban J connectivity index is 1.80. The number of nitrogens with zero attached hydrogens (tertiary/aromatic N) is 2. The van der Waals surface area contributed by atoms with Crippen LogP contribution in [0.3, 0.4) is 0 Å². The van der Waals surface area contributed by atoms with E-state index in [4.69, 9.17) is 4.74 Å². The highest BCUT2D eigenvalue weighted by molar-refractivity contribution is 6.00. The van der Waals surface area contributed by atoms with Gasteiger partial charge in [0.2, 0.25) is 0 Å². The van der Waals surface area contributed by atoms with Gasteiger partial charge in [-0.1, -0.05) is 18.6 Å². The normalized spacial score (nSPS) is 21.8. The first-order valence-electron chi connectivity index (χ1n) is 11.2. The quantitative estimate of drug-likeness (QED) is 0.397. The van der Waals surface area contributed by atoms with Gasteiger partial charge < -0.3 is 4.74 Å². The largest absolute Gasteiger partial charge is 0.370 e. The lowest BCUT2D eigenvalue weighted by Crippen LogP contribution is -2.29. The van der Waals surface area contributed by atoms with Crippen molar-refractivity contribution in [3.05, 3.63) is 71.4 Å². The molecule has 34 heavy (non-hydrogen) atoms. The fourth-order valence-corrected chi connectivity index (χ4v) is 5.16. The lowest BCUT2D eigenvalue weighted by atomic mass is 9.86. The van der Waals surface area contributed by atoms with Crippen molar-refractivity contribution in [1.82, 2.24) is 15.4 Å². The third-order valence-corrected chi connectivity index (χ3v) is 6.69. The molecule has 1 aromatic carbocycles. The van der Waals surface area contributed by atoms with Gasteiger partial charge in [0.1, 0.15) is 23.0 Å². The molecule has 0 radical (unpaired) electrons. The molecule has 1 saturated heterocycles. The van der Waals surface area contributed by atoms with Crippen molar-refractivity contribution in [2.45, 2.75) is 44.3 Å². The van der Waals surface area contributed by atoms with Crippen molar-refractivity contribution in [3.8, 4) is 22.4 Å². The number of hydrogen-bond donors (Lipinski definition) is 2. The van der Waals surface area contributed by atoms with Crippen LogP contribution in [-0.4, -0.2) is 27.2 Å². The lowest BCUT2D eigenvalue weighted by molar-refractivity contribution is -0.0729. The van der Waals surface area contributed by atoms with Gasteiger partial charge in [0.05, 0.1) is 17.8 Å². The molecule has 1 aliphatic heterocycles. The van der Waals surface area contributed by atoms with E-state index in [1.807, 2.05) is 0 Å². The highest BCUT2D eigenvalue weighted by Crippen LogP contribution is 2.47. The molecule has 2 aliphatic rings. The van der Waals surface area contributed by atoms with Crippen LogP contribution in [0.1, 0.15) is 54.3 Å². The molecule has 3 atom stereocenters. The van der Waals surface area contributed by atoms with Crippen molar-refractivity contribution >= 4 is 5.91 Å². The first kappa shape index (κ1) is 22.5. The Hall–Kier alpha value is -3.30. The minimum atomic E-state index is -1.05. The fourth-order valence-electron chi connectivity index (χ4n) is 5.16. The number of amides is 1. The standard InChI is InChI=1S/C25H22F3N3O3/c26-15-6-2-7-16(27)20(15)23-22(28)21(18-10-9-13-4-1-8-17(13)34-18)19(14-5-3-11-29-12-14)24(30-23)25(32)31-33/h2-3,5-7,11-13,17-18,33H,1,4,8-10H2,(H,31,32). The van der Waals surface area contributed by atoms with E-state index < -0.39 is 40.7 Å². The molecule has 6 nitrogen and oxygen atoms in total. The molecule has 3 heterocycles. The van der Waals surface area contributed by atoms with Crippen LogP contribution in [0.15, 0.2) is 42.7 Å². The SMILES string of the molecule is O=C(NO)c1nc(-c2c(F)cccc2F)c(F)c(C2CCC3CCCC3O2)c1-c1cccnc1. The molecule has 2 N–H and O–H groups in total. The number of carbonyl (C=O) groups is 1. The Morgan fingerprint density at radius 2 is 1.82 bits per heavy atom. The zero-order valence-electron chi connectivity index (χ0n) is 18.1. The monoisotopic (exact) mass is 469 g/mol. The second-order valence-electron chi connectivity index (χ2n) is 8.62. The summed E-state index contributed by atoms with van der Waals surface area (Å²) in [4.78, 5) is 20.8. The molecular weight excluding hydrogens is 447 g/mol. The van der Waals surface area contributed by atoms with E-state index in [0.29, 0.717) is 17.9 Å². The van der Waals surface area contributed by atoms with Gasteiger partial charge >= 0.3 is 0 Å². The molecule has 2 aromatic heterocycles. The van der Waals surface area contributed by atoms with Crippen LogP contribution in [0, 0.1) is 23.4 Å². The van der Waals surface area contributed by atoms with Crippen molar-refractivity contribution in [3.63, 3.8) is 0 Å². The number of benzene rings is 1. The molecule has 5 rings (SSSR count). The third kappa shape index (κ3) is 3.84. The van der Waals surface area contributed by atoms with E-state index in [1.165, 1.54) is 17.9 Å². The molecular formula is C25H22F3N3O3. The maximum absolute atomic E-state index is 16.2. The van der Waals surface area contributed by atoms with Crippen LogP contribution in [0.5, 0.6) is 0 Å². The minimum absolute atomic E-state index is 0.0235. The molecule has 1 aliphatic carbocycles. The van der Waals surface area contributed by atoms with Crippen LogP contribution in [0.4, 0.5) is 13.2 Å². The maximum Gasteiger partial charge on any atom is 0.293 e. The number of pyridine rings is 2. The molecule has 176 valence electrons. The number of rotatable bonds is 4. The van der Waals surface area contributed by atoms with Gasteiger partial charge in [0.15, 0.2) is 5.82 Å². The van der Waals surface area contributed by atoms with Crippen LogP contribution in [0.2, 0.25) is 0 Å². The Kier molecular flexibility index (Phi) is 6.05. The van der Waals surface area contributed by atoms with Gasteiger partial charge in [-0.05, 0) is 49.8 Å². The van der Waals surface area contributed by atoms with E-state index in [1.54, 1.807) is 12.1 Å². The van der Waals surface area contributed by atoms with Gasteiger partial charge in [0.25, 0.3) is 5.91 Å². The smallest absolute Gasteiger partial charge is 0.293 e. The lowest BCUT2D eigenvalue weighted by Gasteiger charge is -2.34. The molecule has 1 saturated carbocycles. The van der Waals surface area contributed by atoms with Gasteiger partial charge in [0, 0.05) is 29.1 Å². The number of ether oxygens (including phenoxy) is 1. The Morgan fingerprint density at radius 3 is 2.53 bits per heavy atom. The summed E-state index contributed by atoms with van der Waals surface area (Å²) in [6, 6.07) is 6.35. The summed E-state index contributed by atoms with van der Waals surface area (Å²) in [5, 5.41) is 9.40. The summed E-state index contributed by atoms with van der Waals surface area (Å²) in [6.45, 7) is 0. The van der Waals surface area contributed by atoms with Crippen LogP contribution in [-0.2, 0) is 4.74 Å². The third-order valence-electron chi connectivity index (χ3n) is 6.69. The maximum atomic E-state index is 16.2. The second kappa shape index (κ2) is 9.15. The minimum Gasteiger partial charge on any atom is -0.370 e. The molecule has 2 fully saturated rings. The summed E-state index contributed by atoms with van der Waals surface area (Å²) in [7, 11) is 0. The summed E-state index contributed by atoms with van der Waals surface area (Å²) < 4.78 is 51.9. The first-order chi connectivity index (χ1) is 16.5. The topological polar surface area (TPSA) is 84.3 Å².